The van der Waals surface area contributed by atoms with Gasteiger partial charge in [-0.1, -0.05) is 24.6 Å². The minimum atomic E-state index is -1.75. The first-order valence-electron chi connectivity index (χ1n) is 12.8. The Bertz CT molecular complexity index is 1370. The molecule has 1 aromatic heterocycles. The van der Waals surface area contributed by atoms with E-state index in [0.717, 1.165) is 16.2 Å². The Hall–Kier alpha value is -3.30. The molecule has 1 saturated heterocycles. The number of ether oxygens (including phenoxy) is 3. The van der Waals surface area contributed by atoms with Crippen molar-refractivity contribution in [3.05, 3.63) is 27.9 Å². The second kappa shape index (κ2) is 12.9. The zero-order valence-corrected chi connectivity index (χ0v) is 26.6. The number of halogens is 1. The van der Waals surface area contributed by atoms with Crippen LogP contribution in [0.15, 0.2) is 22.2 Å². The van der Waals surface area contributed by atoms with Gasteiger partial charge in [0, 0.05) is 5.38 Å². The molecule has 1 aromatic rings. The number of amides is 3. The number of nitrogens with one attached hydrogen (secondary N) is 2. The Balaban J connectivity index is 1.70. The van der Waals surface area contributed by atoms with Gasteiger partial charge in [-0.2, -0.15) is 0 Å². The molecule has 1 unspecified atom stereocenters. The van der Waals surface area contributed by atoms with E-state index in [4.69, 9.17) is 25.8 Å². The van der Waals surface area contributed by atoms with Crippen molar-refractivity contribution in [2.24, 2.45) is 5.41 Å². The lowest BCUT2D eigenvalue weighted by molar-refractivity contribution is -0.173. The fraction of sp³-hybridized carbons (Fsp3) is 0.538. The number of fused-ring (bicyclic) bond motifs is 1. The number of nitrogens with zero attached hydrogens (tertiary/aromatic N) is 2. The topological polar surface area (TPSA) is 170 Å². The molecule has 3 heterocycles. The molecule has 3 amide bonds. The molecule has 0 saturated carbocycles. The first kappa shape index (κ1) is 33.2. The summed E-state index contributed by atoms with van der Waals surface area (Å²) in [5.74, 6) is -3.29. The van der Waals surface area contributed by atoms with Crippen LogP contribution in [-0.2, 0) is 44.2 Å². The lowest BCUT2D eigenvalue weighted by atomic mass is 9.98. The van der Waals surface area contributed by atoms with E-state index >= 15 is 0 Å². The highest BCUT2D eigenvalue weighted by Crippen LogP contribution is 2.37. The highest BCUT2D eigenvalue weighted by atomic mass is 35.5. The Morgan fingerprint density at radius 3 is 2.45 bits per heavy atom. The predicted octanol–water partition coefficient (Wildman–Crippen LogP) is 3.24. The number of hydrogen-bond acceptors (Lipinski definition) is 11. The van der Waals surface area contributed by atoms with Gasteiger partial charge in [-0.25, -0.2) is 14.6 Å². The minimum Gasteiger partial charge on any atom is -0.444 e. The minimum absolute atomic E-state index is 0.132. The van der Waals surface area contributed by atoms with Crippen LogP contribution in [0.3, 0.4) is 0 Å². The standard InChI is InChI=1S/C26H33ClN4O9S2/c1-8-9-13(15-10-41-23(28-15)30-24(36)40-26(5,6)7)18(32)29-16-19(33)31-17(14(27)11-42(37)20(16)31)21(34)38-12-39-22(35)25(2,3)4/h9-10,16,20H,8,11-12H2,1-7H3,(H,29,32)(H,28,30,36)/b13-9-/t16-,20+,42?/m1/s1. The molecule has 230 valence electrons. The number of rotatable bonds is 8. The molecule has 2 N–H and O–H groups in total. The SMILES string of the molecule is CC/C=C(\C(=O)N[C@@H]1C(=O)N2C(C(=O)OCOC(=O)C(C)(C)C)=C(Cl)CS(=O)[C@@H]12)c1csc(NC(=O)OC(C)(C)C)n1. The number of carbonyl (C=O) groups excluding carboxylic acids is 5. The third kappa shape index (κ3) is 7.75. The molecule has 13 nitrogen and oxygen atoms in total. The summed E-state index contributed by atoms with van der Waals surface area (Å²) >= 11 is 7.26. The van der Waals surface area contributed by atoms with E-state index in [1.807, 2.05) is 0 Å². The normalized spacial score (nSPS) is 20.8. The quantitative estimate of drug-likeness (QED) is 0.185. The van der Waals surface area contributed by atoms with Crippen LogP contribution in [-0.4, -0.2) is 73.5 Å². The van der Waals surface area contributed by atoms with Gasteiger partial charge in [0.05, 0.1) is 38.3 Å². The van der Waals surface area contributed by atoms with Crippen LogP contribution in [0.5, 0.6) is 0 Å². The predicted molar refractivity (Wildman–Crippen MR) is 155 cm³/mol. The summed E-state index contributed by atoms with van der Waals surface area (Å²) in [6, 6.07) is -1.22. The van der Waals surface area contributed by atoms with Gasteiger partial charge in [-0.05, 0) is 48.0 Å². The van der Waals surface area contributed by atoms with E-state index in [0.29, 0.717) is 6.42 Å². The number of anilines is 1. The average Bonchev–Trinajstić information content (AvgIpc) is 3.31. The summed E-state index contributed by atoms with van der Waals surface area (Å²) in [5.41, 5.74) is -1.49. The summed E-state index contributed by atoms with van der Waals surface area (Å²) in [5, 5.41) is 5.62. The molecule has 0 aliphatic carbocycles. The Labute approximate surface area is 254 Å². The third-order valence-corrected chi connectivity index (χ3v) is 8.42. The van der Waals surface area contributed by atoms with Gasteiger partial charge < -0.3 is 19.5 Å². The van der Waals surface area contributed by atoms with Gasteiger partial charge in [0.2, 0.25) is 6.79 Å². The molecule has 0 radical (unpaired) electrons. The number of allylic oxidation sites excluding steroid dienone is 1. The molecule has 0 spiro atoms. The molecule has 42 heavy (non-hydrogen) atoms. The van der Waals surface area contributed by atoms with E-state index in [1.54, 1.807) is 59.9 Å². The van der Waals surface area contributed by atoms with Crippen molar-refractivity contribution in [1.82, 2.24) is 15.2 Å². The van der Waals surface area contributed by atoms with Crippen LogP contribution in [0.1, 0.15) is 60.6 Å². The summed E-state index contributed by atoms with van der Waals surface area (Å²) in [6.07, 6.45) is 1.34. The van der Waals surface area contributed by atoms with Crippen LogP contribution >= 0.6 is 22.9 Å². The van der Waals surface area contributed by atoms with Crippen LogP contribution in [0.25, 0.3) is 5.57 Å². The number of aromatic nitrogens is 1. The van der Waals surface area contributed by atoms with Crippen molar-refractivity contribution >= 4 is 74.3 Å². The molecule has 2 aliphatic rings. The van der Waals surface area contributed by atoms with Crippen molar-refractivity contribution in [1.29, 1.82) is 0 Å². The molecule has 3 atom stereocenters. The molecule has 1 fully saturated rings. The molecule has 16 heteroatoms. The van der Waals surface area contributed by atoms with Crippen LogP contribution in [0.4, 0.5) is 9.93 Å². The monoisotopic (exact) mass is 644 g/mol. The second-order valence-corrected chi connectivity index (χ2v) is 14.1. The molecule has 0 bridgehead atoms. The Kier molecular flexibility index (Phi) is 10.2. The van der Waals surface area contributed by atoms with Gasteiger partial charge in [0.15, 0.2) is 5.13 Å². The number of hydrogen-bond donors (Lipinski definition) is 2. The highest BCUT2D eigenvalue weighted by molar-refractivity contribution is 7.86. The second-order valence-electron chi connectivity index (χ2n) is 11.3. The smallest absolute Gasteiger partial charge is 0.413 e. The summed E-state index contributed by atoms with van der Waals surface area (Å²) < 4.78 is 28.0. The number of esters is 2. The number of β-lactam (4-membered cyclic amide) rings is 1. The molecule has 3 rings (SSSR count). The number of thiazole rings is 1. The molecule has 0 aromatic carbocycles. The fourth-order valence-corrected chi connectivity index (χ4v) is 6.40. The van der Waals surface area contributed by atoms with Crippen LogP contribution in [0, 0.1) is 5.41 Å². The zero-order valence-electron chi connectivity index (χ0n) is 24.2. The lowest BCUT2D eigenvalue weighted by Gasteiger charge is -2.48. The summed E-state index contributed by atoms with van der Waals surface area (Å²) in [6.45, 7) is 11.1. The van der Waals surface area contributed by atoms with Crippen molar-refractivity contribution in [3.63, 3.8) is 0 Å². The van der Waals surface area contributed by atoms with Gasteiger partial charge in [0.25, 0.3) is 11.8 Å². The van der Waals surface area contributed by atoms with Crippen molar-refractivity contribution in [2.75, 3.05) is 17.9 Å². The lowest BCUT2D eigenvalue weighted by Crippen LogP contribution is -2.73. The van der Waals surface area contributed by atoms with Crippen LogP contribution in [0.2, 0.25) is 0 Å². The third-order valence-electron chi connectivity index (χ3n) is 5.59. The van der Waals surface area contributed by atoms with Gasteiger partial charge in [-0.15, -0.1) is 11.3 Å². The first-order valence-corrected chi connectivity index (χ1v) is 15.5. The molecular weight excluding hydrogens is 612 g/mol. The van der Waals surface area contributed by atoms with Crippen LogP contribution < -0.4 is 10.6 Å². The maximum Gasteiger partial charge on any atom is 0.413 e. The average molecular weight is 645 g/mol. The van der Waals surface area contributed by atoms with Gasteiger partial charge in [0.1, 0.15) is 22.7 Å². The highest BCUT2D eigenvalue weighted by Gasteiger charge is 2.57. The van der Waals surface area contributed by atoms with E-state index in [9.17, 15) is 28.2 Å². The maximum atomic E-state index is 13.3. The fourth-order valence-electron chi connectivity index (χ4n) is 3.73. The summed E-state index contributed by atoms with van der Waals surface area (Å²) in [4.78, 5) is 68.4. The van der Waals surface area contributed by atoms with Crippen molar-refractivity contribution < 1.29 is 42.4 Å². The largest absolute Gasteiger partial charge is 0.444 e. The first-order chi connectivity index (χ1) is 19.4. The summed E-state index contributed by atoms with van der Waals surface area (Å²) in [7, 11) is -1.75. The van der Waals surface area contributed by atoms with Gasteiger partial charge >= 0.3 is 18.0 Å². The zero-order chi connectivity index (χ0) is 31.6. The van der Waals surface area contributed by atoms with Crippen molar-refractivity contribution in [2.45, 2.75) is 71.9 Å². The van der Waals surface area contributed by atoms with E-state index in [1.165, 1.54) is 0 Å². The van der Waals surface area contributed by atoms with Crippen molar-refractivity contribution in [3.8, 4) is 0 Å². The number of carbonyl (C=O) groups is 5. The molecule has 2 aliphatic heterocycles. The van der Waals surface area contributed by atoms with E-state index < -0.39 is 69.9 Å². The van der Waals surface area contributed by atoms with E-state index in [2.05, 4.69) is 15.6 Å². The van der Waals surface area contributed by atoms with E-state index in [-0.39, 0.29) is 32.9 Å². The Morgan fingerprint density at radius 1 is 1.19 bits per heavy atom. The Morgan fingerprint density at radius 2 is 1.86 bits per heavy atom. The maximum absolute atomic E-state index is 13.3. The van der Waals surface area contributed by atoms with Gasteiger partial charge in [-0.3, -0.25) is 28.8 Å². The molecular formula is C26H33ClN4O9S2.